The summed E-state index contributed by atoms with van der Waals surface area (Å²) in [6.45, 7) is 4.64. The van der Waals surface area contributed by atoms with Crippen molar-refractivity contribution >= 4 is 11.4 Å². The van der Waals surface area contributed by atoms with E-state index in [1.165, 1.54) is 19.3 Å². The van der Waals surface area contributed by atoms with Gasteiger partial charge in [-0.2, -0.15) is 5.26 Å². The fourth-order valence-corrected chi connectivity index (χ4v) is 2.65. The molecule has 0 spiro atoms. The van der Waals surface area contributed by atoms with Gasteiger partial charge in [0, 0.05) is 6.04 Å². The zero-order valence-corrected chi connectivity index (χ0v) is 11.1. The monoisotopic (exact) mass is 243 g/mol. The largest absolute Gasteiger partial charge is 0.397 e. The highest BCUT2D eigenvalue weighted by atomic mass is 14.9. The fourth-order valence-electron chi connectivity index (χ4n) is 2.65. The zero-order chi connectivity index (χ0) is 13.1. The van der Waals surface area contributed by atoms with Crippen LogP contribution in [0.5, 0.6) is 0 Å². The van der Waals surface area contributed by atoms with Gasteiger partial charge in [-0.05, 0) is 49.3 Å². The van der Waals surface area contributed by atoms with Gasteiger partial charge < -0.3 is 11.1 Å². The van der Waals surface area contributed by atoms with Crippen LogP contribution < -0.4 is 11.1 Å². The third-order valence-electron chi connectivity index (χ3n) is 4.14. The predicted molar refractivity (Wildman–Crippen MR) is 75.2 cm³/mol. The minimum atomic E-state index is 0.479. The van der Waals surface area contributed by atoms with Crippen molar-refractivity contribution in [3.8, 4) is 6.07 Å². The summed E-state index contributed by atoms with van der Waals surface area (Å²) in [5.74, 6) is 1.56. The molecule has 3 unspecified atom stereocenters. The summed E-state index contributed by atoms with van der Waals surface area (Å²) in [7, 11) is 0. The van der Waals surface area contributed by atoms with Crippen LogP contribution in [0.25, 0.3) is 0 Å². The van der Waals surface area contributed by atoms with E-state index in [9.17, 15) is 0 Å². The summed E-state index contributed by atoms with van der Waals surface area (Å²) >= 11 is 0. The van der Waals surface area contributed by atoms with Crippen molar-refractivity contribution in [2.75, 3.05) is 11.1 Å². The van der Waals surface area contributed by atoms with E-state index in [0.29, 0.717) is 11.6 Å². The van der Waals surface area contributed by atoms with Gasteiger partial charge in [-0.3, -0.25) is 0 Å². The Hall–Kier alpha value is -1.69. The van der Waals surface area contributed by atoms with Gasteiger partial charge in [-0.15, -0.1) is 0 Å². The number of nitrogens with two attached hydrogens (primary N) is 1. The highest BCUT2D eigenvalue weighted by Crippen LogP contribution is 2.32. The van der Waals surface area contributed by atoms with Crippen molar-refractivity contribution in [1.29, 1.82) is 5.26 Å². The number of nitriles is 1. The first-order chi connectivity index (χ1) is 8.60. The molecule has 18 heavy (non-hydrogen) atoms. The second-order valence-electron chi connectivity index (χ2n) is 5.52. The lowest BCUT2D eigenvalue weighted by Crippen LogP contribution is -2.30. The molecule has 1 aliphatic carbocycles. The molecule has 1 fully saturated rings. The maximum Gasteiger partial charge on any atom is 0.0992 e. The van der Waals surface area contributed by atoms with E-state index in [1.807, 2.05) is 6.07 Å². The van der Waals surface area contributed by atoms with Crippen LogP contribution in [0.2, 0.25) is 0 Å². The molecule has 1 saturated carbocycles. The Morgan fingerprint density at radius 1 is 1.28 bits per heavy atom. The van der Waals surface area contributed by atoms with Crippen LogP contribution in [0.1, 0.15) is 38.7 Å². The van der Waals surface area contributed by atoms with Crippen molar-refractivity contribution in [3.05, 3.63) is 23.8 Å². The quantitative estimate of drug-likeness (QED) is 0.783. The highest BCUT2D eigenvalue weighted by Gasteiger charge is 2.24. The second kappa shape index (κ2) is 5.30. The highest BCUT2D eigenvalue weighted by molar-refractivity contribution is 5.68. The van der Waals surface area contributed by atoms with Gasteiger partial charge in [0.1, 0.15) is 0 Å². The van der Waals surface area contributed by atoms with Crippen molar-refractivity contribution in [1.82, 2.24) is 0 Å². The number of hydrogen-bond acceptors (Lipinski definition) is 3. The number of anilines is 2. The van der Waals surface area contributed by atoms with E-state index < -0.39 is 0 Å². The number of hydrogen-bond donors (Lipinski definition) is 2. The lowest BCUT2D eigenvalue weighted by Gasteiger charge is -2.33. The van der Waals surface area contributed by atoms with Crippen LogP contribution >= 0.6 is 0 Å². The predicted octanol–water partition coefficient (Wildman–Crippen LogP) is 3.38. The molecule has 96 valence electrons. The second-order valence-corrected chi connectivity index (χ2v) is 5.52. The van der Waals surface area contributed by atoms with Gasteiger partial charge in [-0.1, -0.05) is 13.8 Å². The standard InChI is InChI=1S/C15H21N3/c1-10-3-5-13(7-11(10)2)18-15-8-12(9-16)4-6-14(15)17/h4,6,8,10-11,13,18H,3,5,7,17H2,1-2H3. The summed E-state index contributed by atoms with van der Waals surface area (Å²) < 4.78 is 0. The maximum atomic E-state index is 8.92. The Labute approximate surface area is 109 Å². The number of nitrogen functional groups attached to an aromatic ring is 1. The molecule has 1 aliphatic rings. The van der Waals surface area contributed by atoms with Gasteiger partial charge in [0.05, 0.1) is 23.0 Å². The smallest absolute Gasteiger partial charge is 0.0992 e. The Morgan fingerprint density at radius 2 is 2.06 bits per heavy atom. The maximum absolute atomic E-state index is 8.92. The minimum absolute atomic E-state index is 0.479. The Kier molecular flexibility index (Phi) is 3.76. The first kappa shape index (κ1) is 12.8. The molecule has 3 heteroatoms. The Bertz CT molecular complexity index is 461. The van der Waals surface area contributed by atoms with Crippen LogP contribution in [0.3, 0.4) is 0 Å². The van der Waals surface area contributed by atoms with Crippen molar-refractivity contribution in [3.63, 3.8) is 0 Å². The number of benzene rings is 1. The van der Waals surface area contributed by atoms with Crippen molar-refractivity contribution < 1.29 is 0 Å². The van der Waals surface area contributed by atoms with Gasteiger partial charge in [0.2, 0.25) is 0 Å². The molecule has 1 aromatic rings. The SMILES string of the molecule is CC1CCC(Nc2cc(C#N)ccc2N)CC1C. The number of rotatable bonds is 2. The van der Waals surface area contributed by atoms with E-state index in [1.54, 1.807) is 12.1 Å². The molecule has 3 atom stereocenters. The topological polar surface area (TPSA) is 61.8 Å². The minimum Gasteiger partial charge on any atom is -0.397 e. The fraction of sp³-hybridized carbons (Fsp3) is 0.533. The Morgan fingerprint density at radius 3 is 2.72 bits per heavy atom. The molecule has 0 amide bonds. The van der Waals surface area contributed by atoms with Crippen LogP contribution in [0.15, 0.2) is 18.2 Å². The summed E-state index contributed by atoms with van der Waals surface area (Å²) in [6.07, 6.45) is 3.62. The van der Waals surface area contributed by atoms with Crippen LogP contribution in [-0.2, 0) is 0 Å². The van der Waals surface area contributed by atoms with E-state index in [2.05, 4.69) is 25.2 Å². The molecule has 0 bridgehead atoms. The summed E-state index contributed by atoms with van der Waals surface area (Å²) in [5, 5.41) is 12.4. The first-order valence-electron chi connectivity index (χ1n) is 6.66. The average Bonchev–Trinajstić information content (AvgIpc) is 2.36. The van der Waals surface area contributed by atoms with Crippen molar-refractivity contribution in [2.45, 2.75) is 39.2 Å². The van der Waals surface area contributed by atoms with Gasteiger partial charge in [0.15, 0.2) is 0 Å². The zero-order valence-electron chi connectivity index (χ0n) is 11.1. The lowest BCUT2D eigenvalue weighted by molar-refractivity contribution is 0.261. The third kappa shape index (κ3) is 2.76. The third-order valence-corrected chi connectivity index (χ3v) is 4.14. The normalized spacial score (nSPS) is 27.5. The summed E-state index contributed by atoms with van der Waals surface area (Å²) in [6, 6.07) is 8.03. The first-order valence-corrected chi connectivity index (χ1v) is 6.66. The molecular formula is C15H21N3. The molecule has 0 aromatic heterocycles. The van der Waals surface area contributed by atoms with E-state index in [0.717, 1.165) is 23.2 Å². The van der Waals surface area contributed by atoms with E-state index >= 15 is 0 Å². The van der Waals surface area contributed by atoms with Crippen molar-refractivity contribution in [2.24, 2.45) is 11.8 Å². The molecule has 3 N–H and O–H groups in total. The molecular weight excluding hydrogens is 222 g/mol. The molecule has 3 nitrogen and oxygen atoms in total. The molecule has 0 heterocycles. The molecule has 0 aliphatic heterocycles. The van der Waals surface area contributed by atoms with E-state index in [-0.39, 0.29) is 0 Å². The molecule has 0 radical (unpaired) electrons. The average molecular weight is 243 g/mol. The van der Waals surface area contributed by atoms with Crippen LogP contribution in [-0.4, -0.2) is 6.04 Å². The summed E-state index contributed by atoms with van der Waals surface area (Å²) in [4.78, 5) is 0. The van der Waals surface area contributed by atoms with E-state index in [4.69, 9.17) is 11.0 Å². The van der Waals surface area contributed by atoms with Crippen LogP contribution in [0.4, 0.5) is 11.4 Å². The van der Waals surface area contributed by atoms with Crippen LogP contribution in [0, 0.1) is 23.2 Å². The van der Waals surface area contributed by atoms with Gasteiger partial charge in [-0.25, -0.2) is 0 Å². The molecule has 0 saturated heterocycles. The number of nitrogens with one attached hydrogen (secondary N) is 1. The lowest BCUT2D eigenvalue weighted by atomic mass is 9.79. The number of nitrogens with zero attached hydrogens (tertiary/aromatic N) is 1. The Balaban J connectivity index is 2.08. The summed E-state index contributed by atoms with van der Waals surface area (Å²) in [5.41, 5.74) is 8.23. The molecule has 2 rings (SSSR count). The molecule has 1 aromatic carbocycles. The van der Waals surface area contributed by atoms with Gasteiger partial charge in [0.25, 0.3) is 0 Å². The van der Waals surface area contributed by atoms with Gasteiger partial charge >= 0.3 is 0 Å².